The van der Waals surface area contributed by atoms with Crippen LogP contribution in [0.3, 0.4) is 0 Å². The van der Waals surface area contributed by atoms with Crippen LogP contribution in [-0.2, 0) is 0 Å². The third-order valence-corrected chi connectivity index (χ3v) is 4.03. The van der Waals surface area contributed by atoms with Gasteiger partial charge in [-0.05, 0) is 31.7 Å². The van der Waals surface area contributed by atoms with Crippen LogP contribution < -0.4 is 15.0 Å². The standard InChI is InChI=1S/C13H20N4O/c1-18-13-8-14-7-12(16-13)17-6-4-11-10(9-17)3-2-5-15-11/h7-8,10-11,15H,2-6,9H2,1H3. The highest BCUT2D eigenvalue weighted by Gasteiger charge is 2.31. The van der Waals surface area contributed by atoms with Gasteiger partial charge in [0.1, 0.15) is 0 Å². The van der Waals surface area contributed by atoms with Crippen LogP contribution in [0.5, 0.6) is 5.88 Å². The monoisotopic (exact) mass is 248 g/mol. The average molecular weight is 248 g/mol. The summed E-state index contributed by atoms with van der Waals surface area (Å²) in [6.45, 7) is 3.32. The Hall–Kier alpha value is -1.36. The second-order valence-electron chi connectivity index (χ2n) is 5.12. The largest absolute Gasteiger partial charge is 0.480 e. The number of hydrogen-bond acceptors (Lipinski definition) is 5. The zero-order chi connectivity index (χ0) is 12.4. The highest BCUT2D eigenvalue weighted by atomic mass is 16.5. The number of nitrogens with zero attached hydrogens (tertiary/aromatic N) is 3. The van der Waals surface area contributed by atoms with E-state index in [1.807, 2.05) is 6.20 Å². The fourth-order valence-electron chi connectivity index (χ4n) is 3.04. The third-order valence-electron chi connectivity index (χ3n) is 4.03. The van der Waals surface area contributed by atoms with E-state index in [9.17, 15) is 0 Å². The fourth-order valence-corrected chi connectivity index (χ4v) is 3.04. The summed E-state index contributed by atoms with van der Waals surface area (Å²) in [6.07, 6.45) is 7.30. The van der Waals surface area contributed by atoms with Crippen molar-refractivity contribution in [2.75, 3.05) is 31.6 Å². The summed E-state index contributed by atoms with van der Waals surface area (Å²) in [5.74, 6) is 2.29. The smallest absolute Gasteiger partial charge is 0.233 e. The van der Waals surface area contributed by atoms with Crippen molar-refractivity contribution in [3.05, 3.63) is 12.4 Å². The molecule has 0 radical (unpaired) electrons. The first-order valence-corrected chi connectivity index (χ1v) is 6.71. The number of aromatic nitrogens is 2. The molecule has 0 bridgehead atoms. The molecule has 2 aliphatic heterocycles. The molecular weight excluding hydrogens is 228 g/mol. The lowest BCUT2D eigenvalue weighted by Gasteiger charge is -2.42. The molecule has 2 aliphatic rings. The molecule has 98 valence electrons. The van der Waals surface area contributed by atoms with E-state index in [1.54, 1.807) is 13.3 Å². The minimum atomic E-state index is 0.594. The van der Waals surface area contributed by atoms with Gasteiger partial charge in [-0.2, -0.15) is 4.98 Å². The van der Waals surface area contributed by atoms with Crippen LogP contribution >= 0.6 is 0 Å². The van der Waals surface area contributed by atoms with E-state index in [-0.39, 0.29) is 0 Å². The Morgan fingerprint density at radius 2 is 2.33 bits per heavy atom. The minimum Gasteiger partial charge on any atom is -0.480 e. The van der Waals surface area contributed by atoms with Crippen molar-refractivity contribution in [3.63, 3.8) is 0 Å². The van der Waals surface area contributed by atoms with E-state index in [0.717, 1.165) is 24.8 Å². The molecule has 1 aromatic heterocycles. The Labute approximate surface area is 108 Å². The molecule has 2 atom stereocenters. The molecule has 3 heterocycles. The van der Waals surface area contributed by atoms with Crippen LogP contribution in [0.25, 0.3) is 0 Å². The lowest BCUT2D eigenvalue weighted by atomic mass is 9.85. The Morgan fingerprint density at radius 3 is 3.22 bits per heavy atom. The van der Waals surface area contributed by atoms with Crippen molar-refractivity contribution in [1.82, 2.24) is 15.3 Å². The zero-order valence-electron chi connectivity index (χ0n) is 10.8. The molecule has 0 spiro atoms. The number of anilines is 1. The number of nitrogens with one attached hydrogen (secondary N) is 1. The second-order valence-corrected chi connectivity index (χ2v) is 5.12. The number of methoxy groups -OCH3 is 1. The lowest BCUT2D eigenvalue weighted by molar-refractivity contribution is 0.243. The van der Waals surface area contributed by atoms with E-state index in [1.165, 1.54) is 25.8 Å². The molecule has 5 nitrogen and oxygen atoms in total. The lowest BCUT2D eigenvalue weighted by Crippen LogP contribution is -2.52. The summed E-state index contributed by atoms with van der Waals surface area (Å²) in [6, 6.07) is 0.702. The van der Waals surface area contributed by atoms with E-state index in [4.69, 9.17) is 4.74 Å². The van der Waals surface area contributed by atoms with E-state index in [0.29, 0.717) is 11.9 Å². The summed E-state index contributed by atoms with van der Waals surface area (Å²) in [4.78, 5) is 11.0. The number of piperidine rings is 2. The first-order valence-electron chi connectivity index (χ1n) is 6.71. The van der Waals surface area contributed by atoms with Gasteiger partial charge in [-0.25, -0.2) is 0 Å². The highest BCUT2D eigenvalue weighted by molar-refractivity contribution is 5.38. The van der Waals surface area contributed by atoms with Crippen LogP contribution in [0.4, 0.5) is 5.82 Å². The Balaban J connectivity index is 1.72. The van der Waals surface area contributed by atoms with Crippen LogP contribution in [0.15, 0.2) is 12.4 Å². The molecule has 18 heavy (non-hydrogen) atoms. The minimum absolute atomic E-state index is 0.594. The summed E-state index contributed by atoms with van der Waals surface area (Å²) < 4.78 is 5.14. The number of hydrogen-bond donors (Lipinski definition) is 1. The van der Waals surface area contributed by atoms with E-state index in [2.05, 4.69) is 20.2 Å². The third kappa shape index (κ3) is 2.27. The number of ether oxygens (including phenoxy) is 1. The summed E-state index contributed by atoms with van der Waals surface area (Å²) in [5, 5.41) is 3.63. The molecule has 0 saturated carbocycles. The van der Waals surface area contributed by atoms with Gasteiger partial charge < -0.3 is 15.0 Å². The Bertz CT molecular complexity index is 412. The van der Waals surface area contributed by atoms with E-state index >= 15 is 0 Å². The van der Waals surface area contributed by atoms with Crippen molar-refractivity contribution < 1.29 is 4.74 Å². The van der Waals surface area contributed by atoms with Crippen molar-refractivity contribution in [2.24, 2.45) is 5.92 Å². The molecule has 0 amide bonds. The SMILES string of the molecule is COc1cncc(N2CCC3NCCCC3C2)n1. The van der Waals surface area contributed by atoms with Gasteiger partial charge in [-0.3, -0.25) is 4.98 Å². The summed E-state index contributed by atoms with van der Waals surface area (Å²) in [7, 11) is 1.63. The first-order chi connectivity index (χ1) is 8.86. The zero-order valence-corrected chi connectivity index (χ0v) is 10.8. The fraction of sp³-hybridized carbons (Fsp3) is 0.692. The topological polar surface area (TPSA) is 50.3 Å². The average Bonchev–Trinajstić information content (AvgIpc) is 2.47. The first kappa shape index (κ1) is 11.7. The van der Waals surface area contributed by atoms with E-state index < -0.39 is 0 Å². The van der Waals surface area contributed by atoms with Gasteiger partial charge in [0.2, 0.25) is 5.88 Å². The van der Waals surface area contributed by atoms with Crippen molar-refractivity contribution in [1.29, 1.82) is 0 Å². The van der Waals surface area contributed by atoms with Gasteiger partial charge in [0.25, 0.3) is 0 Å². The van der Waals surface area contributed by atoms with Crippen LogP contribution in [-0.4, -0.2) is 42.8 Å². The molecule has 1 N–H and O–H groups in total. The predicted octanol–water partition coefficient (Wildman–Crippen LogP) is 1.06. The van der Waals surface area contributed by atoms with Gasteiger partial charge in [-0.15, -0.1) is 0 Å². The van der Waals surface area contributed by atoms with Crippen molar-refractivity contribution in [3.8, 4) is 5.88 Å². The molecule has 2 fully saturated rings. The van der Waals surface area contributed by atoms with Gasteiger partial charge in [0.15, 0.2) is 5.82 Å². The van der Waals surface area contributed by atoms with Crippen LogP contribution in [0.2, 0.25) is 0 Å². The Morgan fingerprint density at radius 1 is 1.39 bits per heavy atom. The van der Waals surface area contributed by atoms with Crippen LogP contribution in [0.1, 0.15) is 19.3 Å². The number of fused-ring (bicyclic) bond motifs is 1. The Kier molecular flexibility index (Phi) is 3.32. The summed E-state index contributed by atoms with van der Waals surface area (Å²) >= 11 is 0. The maximum atomic E-state index is 5.14. The van der Waals surface area contributed by atoms with Gasteiger partial charge in [-0.1, -0.05) is 0 Å². The molecule has 3 rings (SSSR count). The summed E-state index contributed by atoms with van der Waals surface area (Å²) in [5.41, 5.74) is 0. The molecule has 5 heteroatoms. The molecule has 2 unspecified atom stereocenters. The molecule has 0 aromatic carbocycles. The normalized spacial score (nSPS) is 27.7. The highest BCUT2D eigenvalue weighted by Crippen LogP contribution is 2.27. The van der Waals surface area contributed by atoms with Gasteiger partial charge in [0, 0.05) is 19.1 Å². The molecular formula is C13H20N4O. The van der Waals surface area contributed by atoms with Crippen LogP contribution in [0, 0.1) is 5.92 Å². The molecule has 2 saturated heterocycles. The molecule has 1 aromatic rings. The quantitative estimate of drug-likeness (QED) is 0.848. The maximum absolute atomic E-state index is 5.14. The molecule has 0 aliphatic carbocycles. The predicted molar refractivity (Wildman–Crippen MR) is 69.9 cm³/mol. The van der Waals surface area contributed by atoms with Crippen molar-refractivity contribution in [2.45, 2.75) is 25.3 Å². The van der Waals surface area contributed by atoms with Crippen molar-refractivity contribution >= 4 is 5.82 Å². The maximum Gasteiger partial charge on any atom is 0.233 e. The number of rotatable bonds is 2. The second kappa shape index (κ2) is 5.10. The van der Waals surface area contributed by atoms with Gasteiger partial charge in [0.05, 0.1) is 19.5 Å². The van der Waals surface area contributed by atoms with Gasteiger partial charge >= 0.3 is 0 Å².